The second kappa shape index (κ2) is 5.40. The van der Waals surface area contributed by atoms with E-state index in [4.69, 9.17) is 0 Å². The number of thiophene rings is 1. The number of alkyl halides is 3. The predicted molar refractivity (Wildman–Crippen MR) is 69.5 cm³/mol. The van der Waals surface area contributed by atoms with E-state index >= 15 is 0 Å². The highest BCUT2D eigenvalue weighted by Crippen LogP contribution is 2.28. The van der Waals surface area contributed by atoms with E-state index in [1.807, 2.05) is 18.4 Å². The van der Waals surface area contributed by atoms with Crippen LogP contribution < -0.4 is 5.43 Å². The molecule has 2 aromatic rings. The summed E-state index contributed by atoms with van der Waals surface area (Å²) in [5.41, 5.74) is 2.90. The van der Waals surface area contributed by atoms with Gasteiger partial charge in [-0.1, -0.05) is 0 Å². The van der Waals surface area contributed by atoms with Gasteiger partial charge in [0.15, 0.2) is 0 Å². The third kappa shape index (κ3) is 3.54. The van der Waals surface area contributed by atoms with Crippen molar-refractivity contribution < 1.29 is 13.2 Å². The molecule has 2 heterocycles. The minimum Gasteiger partial charge on any atom is -0.261 e. The van der Waals surface area contributed by atoms with Gasteiger partial charge in [-0.15, -0.1) is 11.3 Å². The summed E-state index contributed by atoms with van der Waals surface area (Å²) in [7, 11) is 0. The Kier molecular flexibility index (Phi) is 3.84. The van der Waals surface area contributed by atoms with Gasteiger partial charge in [0.1, 0.15) is 5.82 Å². The van der Waals surface area contributed by atoms with E-state index < -0.39 is 11.7 Å². The average Bonchev–Trinajstić information content (AvgIpc) is 2.75. The molecule has 0 atom stereocenters. The molecule has 0 saturated heterocycles. The van der Waals surface area contributed by atoms with Crippen LogP contribution in [0.3, 0.4) is 0 Å². The predicted octanol–water partition coefficient (Wildman–Crippen LogP) is 3.92. The van der Waals surface area contributed by atoms with E-state index in [1.54, 1.807) is 6.21 Å². The Hall–Kier alpha value is -1.89. The van der Waals surface area contributed by atoms with Gasteiger partial charge in [0.25, 0.3) is 0 Å². The smallest absolute Gasteiger partial charge is 0.261 e. The molecule has 2 rings (SSSR count). The molecule has 100 valence electrons. The maximum absolute atomic E-state index is 12.3. The van der Waals surface area contributed by atoms with Crippen molar-refractivity contribution in [1.29, 1.82) is 0 Å². The number of nitrogens with zero attached hydrogens (tertiary/aromatic N) is 2. The minimum absolute atomic E-state index is 0.262. The Morgan fingerprint density at radius 3 is 2.63 bits per heavy atom. The van der Waals surface area contributed by atoms with Crippen LogP contribution in [0.2, 0.25) is 0 Å². The molecule has 0 unspecified atom stereocenters. The molecule has 1 N–H and O–H groups in total. The monoisotopic (exact) mass is 285 g/mol. The number of halogens is 3. The topological polar surface area (TPSA) is 37.3 Å². The van der Waals surface area contributed by atoms with Crippen LogP contribution >= 0.6 is 11.3 Å². The number of aryl methyl sites for hydroxylation is 1. The van der Waals surface area contributed by atoms with Crippen LogP contribution in [0, 0.1) is 6.92 Å². The fraction of sp³-hybridized carbons (Fsp3) is 0.167. The quantitative estimate of drug-likeness (QED) is 0.685. The number of rotatable bonds is 3. The summed E-state index contributed by atoms with van der Waals surface area (Å²) in [5, 5.41) is 5.87. The first-order valence-electron chi connectivity index (χ1n) is 5.33. The molecule has 0 aliphatic rings. The Bertz CT molecular complexity index is 573. The van der Waals surface area contributed by atoms with E-state index in [0.717, 1.165) is 22.7 Å². The van der Waals surface area contributed by atoms with Gasteiger partial charge in [0.2, 0.25) is 0 Å². The number of aromatic nitrogens is 1. The highest BCUT2D eigenvalue weighted by molar-refractivity contribution is 7.11. The van der Waals surface area contributed by atoms with Gasteiger partial charge in [0.05, 0.1) is 11.8 Å². The van der Waals surface area contributed by atoms with Gasteiger partial charge in [0, 0.05) is 11.1 Å². The summed E-state index contributed by atoms with van der Waals surface area (Å²) in [5.74, 6) is 0.262. The lowest BCUT2D eigenvalue weighted by atomic mass is 10.3. The summed E-state index contributed by atoms with van der Waals surface area (Å²) >= 11 is 1.53. The zero-order valence-electron chi connectivity index (χ0n) is 9.90. The maximum atomic E-state index is 12.3. The Labute approximate surface area is 111 Å². The number of nitrogens with one attached hydrogen (secondary N) is 1. The maximum Gasteiger partial charge on any atom is 0.417 e. The number of anilines is 1. The van der Waals surface area contributed by atoms with Crippen LogP contribution in [0.5, 0.6) is 0 Å². The lowest BCUT2D eigenvalue weighted by molar-refractivity contribution is -0.137. The molecule has 7 heteroatoms. The van der Waals surface area contributed by atoms with Gasteiger partial charge >= 0.3 is 6.18 Å². The molecule has 3 nitrogen and oxygen atoms in total. The number of hydrazone groups is 1. The van der Waals surface area contributed by atoms with E-state index in [2.05, 4.69) is 15.5 Å². The van der Waals surface area contributed by atoms with Crippen molar-refractivity contribution in [3.63, 3.8) is 0 Å². The molecule has 0 aromatic carbocycles. The molecule has 0 fully saturated rings. The first-order valence-corrected chi connectivity index (χ1v) is 6.21. The number of hydrogen-bond acceptors (Lipinski definition) is 4. The van der Waals surface area contributed by atoms with Crippen LogP contribution in [-0.2, 0) is 6.18 Å². The molecule has 0 radical (unpaired) electrons. The number of pyridine rings is 1. The second-order valence-corrected chi connectivity index (χ2v) is 4.72. The van der Waals surface area contributed by atoms with Gasteiger partial charge in [-0.05, 0) is 36.1 Å². The molecule has 0 aliphatic heterocycles. The van der Waals surface area contributed by atoms with Crippen LogP contribution in [0.1, 0.15) is 16.0 Å². The zero-order chi connectivity index (χ0) is 13.9. The summed E-state index contributed by atoms with van der Waals surface area (Å²) in [6.07, 6.45) is -1.99. The molecule has 0 bridgehead atoms. The molecular weight excluding hydrogens is 275 g/mol. The fourth-order valence-corrected chi connectivity index (χ4v) is 2.09. The highest BCUT2D eigenvalue weighted by atomic mass is 32.1. The second-order valence-electron chi connectivity index (χ2n) is 3.77. The van der Waals surface area contributed by atoms with E-state index in [0.29, 0.717) is 0 Å². The van der Waals surface area contributed by atoms with Crippen LogP contribution in [0.15, 0.2) is 34.9 Å². The molecule has 0 spiro atoms. The zero-order valence-corrected chi connectivity index (χ0v) is 10.7. The summed E-state index contributed by atoms with van der Waals surface area (Å²) in [6, 6.07) is 4.16. The average molecular weight is 285 g/mol. The summed E-state index contributed by atoms with van der Waals surface area (Å²) < 4.78 is 36.9. The standard InChI is InChI=1S/C12H10F3N3S/c1-8-4-5-19-10(8)7-17-18-11-3-2-9(6-16-11)12(13,14)15/h2-7H,1H3,(H,16,18)/b17-7-. The Morgan fingerprint density at radius 2 is 2.11 bits per heavy atom. The van der Waals surface area contributed by atoms with E-state index in [1.165, 1.54) is 17.4 Å². The SMILES string of the molecule is Cc1ccsc1/C=N\Nc1ccc(C(F)(F)F)cn1. The number of hydrogen-bond donors (Lipinski definition) is 1. The van der Waals surface area contributed by atoms with Gasteiger partial charge in [-0.2, -0.15) is 18.3 Å². The van der Waals surface area contributed by atoms with Gasteiger partial charge in [-0.3, -0.25) is 5.43 Å². The van der Waals surface area contributed by atoms with Crippen LogP contribution in [0.25, 0.3) is 0 Å². The summed E-state index contributed by atoms with van der Waals surface area (Å²) in [4.78, 5) is 4.63. The lowest BCUT2D eigenvalue weighted by Crippen LogP contribution is -2.05. The molecular formula is C12H10F3N3S. The molecule has 19 heavy (non-hydrogen) atoms. The third-order valence-electron chi connectivity index (χ3n) is 2.35. The normalized spacial score (nSPS) is 12.0. The van der Waals surface area contributed by atoms with Gasteiger partial charge in [-0.25, -0.2) is 4.98 Å². The van der Waals surface area contributed by atoms with Crippen molar-refractivity contribution in [1.82, 2.24) is 4.98 Å². The first kappa shape index (κ1) is 13.5. The Morgan fingerprint density at radius 1 is 1.32 bits per heavy atom. The van der Waals surface area contributed by atoms with Crippen molar-refractivity contribution in [2.45, 2.75) is 13.1 Å². The largest absolute Gasteiger partial charge is 0.417 e. The lowest BCUT2D eigenvalue weighted by Gasteiger charge is -2.06. The van der Waals surface area contributed by atoms with Crippen molar-refractivity contribution in [2.24, 2.45) is 5.10 Å². The van der Waals surface area contributed by atoms with Crippen molar-refractivity contribution in [3.8, 4) is 0 Å². The van der Waals surface area contributed by atoms with Crippen molar-refractivity contribution in [2.75, 3.05) is 5.43 Å². The van der Waals surface area contributed by atoms with Crippen LogP contribution in [0.4, 0.5) is 19.0 Å². The molecule has 0 aliphatic carbocycles. The summed E-state index contributed by atoms with van der Waals surface area (Å²) in [6.45, 7) is 1.95. The minimum atomic E-state index is -4.37. The Balaban J connectivity index is 2.01. The van der Waals surface area contributed by atoms with Crippen molar-refractivity contribution in [3.05, 3.63) is 45.8 Å². The molecule has 0 amide bonds. The first-order chi connectivity index (χ1) is 8.97. The molecule has 0 saturated carbocycles. The van der Waals surface area contributed by atoms with Crippen LogP contribution in [-0.4, -0.2) is 11.2 Å². The van der Waals surface area contributed by atoms with Crippen molar-refractivity contribution >= 4 is 23.4 Å². The highest BCUT2D eigenvalue weighted by Gasteiger charge is 2.30. The molecule has 2 aromatic heterocycles. The van der Waals surface area contributed by atoms with E-state index in [-0.39, 0.29) is 5.82 Å². The fourth-order valence-electron chi connectivity index (χ4n) is 1.30. The van der Waals surface area contributed by atoms with Gasteiger partial charge < -0.3 is 0 Å². The van der Waals surface area contributed by atoms with E-state index in [9.17, 15) is 13.2 Å². The third-order valence-corrected chi connectivity index (χ3v) is 3.31.